The standard InChI is InChI=1S/C10H13NO3.C10H11NO3.3CH4.V/c2*1-14-9(10(12)13)6-7-2-4-8(11)5-3-7;;;;/h2-5,9H,6,11H2,1H3,(H,12,13);2-6H,11H2,1H3,(H,12,13);3*1H4;/b;9-6-;;;;/t9-;;;;;/m0...../s1. The maximum absolute atomic E-state index is 10.7. The Kier molecular flexibility index (Phi) is 21.4. The summed E-state index contributed by atoms with van der Waals surface area (Å²) in [6.45, 7) is 0. The normalized spacial score (nSPS) is 10.2. The zero-order valence-corrected chi connectivity index (χ0v) is 17.5. The number of nitrogens with two attached hydrogens (primary N) is 2. The van der Waals surface area contributed by atoms with Crippen LogP contribution in [0.5, 0.6) is 0 Å². The fourth-order valence-corrected chi connectivity index (χ4v) is 2.09. The Labute approximate surface area is 203 Å². The molecule has 8 nitrogen and oxygen atoms in total. The van der Waals surface area contributed by atoms with Crippen molar-refractivity contribution in [1.82, 2.24) is 0 Å². The first kappa shape index (κ1) is 36.4. The minimum atomic E-state index is -1.09. The molecule has 0 amide bonds. The number of anilines is 2. The topological polar surface area (TPSA) is 145 Å². The van der Waals surface area contributed by atoms with Crippen LogP contribution in [0, 0.1) is 0 Å². The van der Waals surface area contributed by atoms with Gasteiger partial charge < -0.3 is 31.2 Å². The summed E-state index contributed by atoms with van der Waals surface area (Å²) >= 11 is 0. The van der Waals surface area contributed by atoms with Crippen molar-refractivity contribution in [3.05, 3.63) is 65.4 Å². The number of ether oxygens (including phenoxy) is 2. The van der Waals surface area contributed by atoms with E-state index in [9.17, 15) is 9.59 Å². The fraction of sp³-hybridized carbons (Fsp3) is 0.304. The second kappa shape index (κ2) is 18.8. The fourth-order valence-electron chi connectivity index (χ4n) is 2.09. The molecule has 0 aromatic heterocycles. The van der Waals surface area contributed by atoms with E-state index in [-0.39, 0.29) is 46.6 Å². The maximum Gasteiger partial charge on any atom is 0.371 e. The van der Waals surface area contributed by atoms with Crippen molar-refractivity contribution < 1.29 is 47.8 Å². The Morgan fingerprint density at radius 3 is 1.69 bits per heavy atom. The van der Waals surface area contributed by atoms with Crippen molar-refractivity contribution in [2.75, 3.05) is 25.7 Å². The molecule has 0 saturated heterocycles. The summed E-state index contributed by atoms with van der Waals surface area (Å²) < 4.78 is 9.49. The number of benzene rings is 2. The number of hydrogen-bond acceptors (Lipinski definition) is 6. The minimum Gasteiger partial charge on any atom is -0.490 e. The van der Waals surface area contributed by atoms with Crippen molar-refractivity contribution >= 4 is 29.4 Å². The first-order valence-electron chi connectivity index (χ1n) is 8.21. The Bertz CT molecular complexity index is 808. The maximum atomic E-state index is 10.7. The second-order valence-corrected chi connectivity index (χ2v) is 5.69. The molecule has 179 valence electrons. The van der Waals surface area contributed by atoms with E-state index in [4.69, 9.17) is 26.4 Å². The summed E-state index contributed by atoms with van der Waals surface area (Å²) in [5.41, 5.74) is 13.9. The van der Waals surface area contributed by atoms with Crippen LogP contribution in [0.3, 0.4) is 0 Å². The second-order valence-electron chi connectivity index (χ2n) is 5.69. The van der Waals surface area contributed by atoms with E-state index in [0.29, 0.717) is 17.8 Å². The predicted octanol–water partition coefficient (Wildman–Crippen LogP) is 4.16. The molecule has 0 spiro atoms. The number of carboxylic acids is 2. The number of methoxy groups -OCH3 is 2. The van der Waals surface area contributed by atoms with Gasteiger partial charge in [0.1, 0.15) is 0 Å². The van der Waals surface area contributed by atoms with Crippen molar-refractivity contribution in [2.45, 2.75) is 34.8 Å². The zero-order valence-electron chi connectivity index (χ0n) is 16.1. The van der Waals surface area contributed by atoms with Gasteiger partial charge >= 0.3 is 11.9 Å². The van der Waals surface area contributed by atoms with E-state index in [1.54, 1.807) is 48.5 Å². The number of carbonyl (C=O) groups is 2. The summed E-state index contributed by atoms with van der Waals surface area (Å²) in [5.74, 6) is -2.15. The Morgan fingerprint density at radius 1 is 0.906 bits per heavy atom. The number of rotatable bonds is 7. The largest absolute Gasteiger partial charge is 0.490 e. The van der Waals surface area contributed by atoms with Crippen LogP contribution in [-0.2, 0) is 44.0 Å². The SMILES string of the molecule is C.C.C.CO/C(=C\c1ccc(N)cc1)C(=O)O.CO[C@@H](Cc1ccc(N)cc1)C(=O)O.[V]. The van der Waals surface area contributed by atoms with Gasteiger partial charge in [0.25, 0.3) is 0 Å². The van der Waals surface area contributed by atoms with E-state index in [1.165, 1.54) is 20.3 Å². The van der Waals surface area contributed by atoms with Crippen LogP contribution in [0.2, 0.25) is 0 Å². The monoisotopic (exact) mass is 487 g/mol. The minimum absolute atomic E-state index is 0. The van der Waals surface area contributed by atoms with Crippen LogP contribution >= 0.6 is 0 Å². The molecular weight excluding hydrogens is 451 g/mol. The van der Waals surface area contributed by atoms with Crippen molar-refractivity contribution in [3.8, 4) is 0 Å². The predicted molar refractivity (Wildman–Crippen MR) is 127 cm³/mol. The Balaban J connectivity index is -0.000000218. The number of hydrogen-bond donors (Lipinski definition) is 4. The molecule has 2 aromatic carbocycles. The first-order valence-corrected chi connectivity index (χ1v) is 8.21. The molecule has 6 N–H and O–H groups in total. The molecule has 0 heterocycles. The molecular formula is C23H36N2O6V. The Morgan fingerprint density at radius 2 is 1.34 bits per heavy atom. The molecule has 0 saturated carbocycles. The summed E-state index contributed by atoms with van der Waals surface area (Å²) in [7, 11) is 2.70. The average Bonchev–Trinajstić information content (AvgIpc) is 2.67. The molecule has 1 atom stereocenters. The molecule has 0 aliphatic rings. The summed E-state index contributed by atoms with van der Waals surface area (Å²) in [5, 5.41) is 17.4. The van der Waals surface area contributed by atoms with Crippen LogP contribution < -0.4 is 11.5 Å². The number of nitrogen functional groups attached to an aromatic ring is 2. The smallest absolute Gasteiger partial charge is 0.371 e. The van der Waals surface area contributed by atoms with Gasteiger partial charge in [-0.25, -0.2) is 9.59 Å². The van der Waals surface area contributed by atoms with Gasteiger partial charge in [0.15, 0.2) is 6.10 Å². The van der Waals surface area contributed by atoms with Crippen molar-refractivity contribution in [3.63, 3.8) is 0 Å². The van der Waals surface area contributed by atoms with Crippen molar-refractivity contribution in [2.24, 2.45) is 0 Å². The molecule has 1 radical (unpaired) electrons. The van der Waals surface area contributed by atoms with Gasteiger partial charge in [-0.1, -0.05) is 46.5 Å². The van der Waals surface area contributed by atoms with Gasteiger partial charge in [-0.15, -0.1) is 0 Å². The molecule has 0 aliphatic carbocycles. The average molecular weight is 487 g/mol. The van der Waals surface area contributed by atoms with Crippen LogP contribution in [0.1, 0.15) is 33.4 Å². The van der Waals surface area contributed by atoms with E-state index < -0.39 is 18.0 Å². The van der Waals surface area contributed by atoms with Gasteiger partial charge in [-0.05, 0) is 41.5 Å². The molecule has 2 aromatic rings. The molecule has 32 heavy (non-hydrogen) atoms. The van der Waals surface area contributed by atoms with Crippen LogP contribution in [0.25, 0.3) is 6.08 Å². The molecule has 0 bridgehead atoms. The van der Waals surface area contributed by atoms with E-state index in [2.05, 4.69) is 4.74 Å². The molecule has 9 heteroatoms. The van der Waals surface area contributed by atoms with E-state index in [1.807, 2.05) is 0 Å². The molecule has 0 unspecified atom stereocenters. The Hall–Kier alpha value is -2.94. The third kappa shape index (κ3) is 13.4. The zero-order chi connectivity index (χ0) is 21.1. The van der Waals surface area contributed by atoms with Gasteiger partial charge in [-0.2, -0.15) is 0 Å². The summed E-state index contributed by atoms with van der Waals surface area (Å²) in [6.07, 6.45) is 0.993. The third-order valence-electron chi connectivity index (χ3n) is 3.63. The quantitative estimate of drug-likeness (QED) is 0.259. The van der Waals surface area contributed by atoms with Crippen LogP contribution in [-0.4, -0.2) is 42.5 Å². The van der Waals surface area contributed by atoms with Crippen molar-refractivity contribution in [1.29, 1.82) is 0 Å². The van der Waals surface area contributed by atoms with Gasteiger partial charge in [0.2, 0.25) is 5.76 Å². The number of aliphatic carboxylic acids is 2. The van der Waals surface area contributed by atoms with Gasteiger partial charge in [0.05, 0.1) is 7.11 Å². The van der Waals surface area contributed by atoms with Gasteiger partial charge in [-0.3, -0.25) is 0 Å². The molecule has 0 fully saturated rings. The van der Waals surface area contributed by atoms with Gasteiger partial charge in [0, 0.05) is 43.5 Å². The van der Waals surface area contributed by atoms with Crippen LogP contribution in [0.4, 0.5) is 11.4 Å². The van der Waals surface area contributed by atoms with E-state index >= 15 is 0 Å². The van der Waals surface area contributed by atoms with E-state index in [0.717, 1.165) is 11.1 Å². The number of carboxylic acid groups (broad SMARTS) is 2. The summed E-state index contributed by atoms with van der Waals surface area (Å²) in [6, 6.07) is 13.9. The summed E-state index contributed by atoms with van der Waals surface area (Å²) in [4.78, 5) is 21.2. The molecule has 0 aliphatic heterocycles. The third-order valence-corrected chi connectivity index (χ3v) is 3.63. The molecule has 2 rings (SSSR count). The first-order chi connectivity index (χ1) is 13.3. The van der Waals surface area contributed by atoms with Crippen LogP contribution in [0.15, 0.2) is 54.3 Å².